The number of ketones is 1. The predicted octanol–water partition coefficient (Wildman–Crippen LogP) is 3.29. The van der Waals surface area contributed by atoms with Crippen molar-refractivity contribution in [2.45, 2.75) is 13.3 Å². The van der Waals surface area contributed by atoms with Crippen LogP contribution in [0.25, 0.3) is 0 Å². The van der Waals surface area contributed by atoms with Crippen molar-refractivity contribution in [3.8, 4) is 0 Å². The van der Waals surface area contributed by atoms with Crippen molar-refractivity contribution in [2.24, 2.45) is 0 Å². The molecular formula is C17H16O3. The molecule has 0 N–H and O–H groups in total. The van der Waals surface area contributed by atoms with Gasteiger partial charge < -0.3 is 4.74 Å². The van der Waals surface area contributed by atoms with Gasteiger partial charge in [0.1, 0.15) is 0 Å². The van der Waals surface area contributed by atoms with Gasteiger partial charge >= 0.3 is 5.97 Å². The minimum Gasteiger partial charge on any atom is -0.462 e. The van der Waals surface area contributed by atoms with E-state index in [9.17, 15) is 9.59 Å². The molecule has 3 heteroatoms. The Labute approximate surface area is 118 Å². The zero-order chi connectivity index (χ0) is 14.4. The van der Waals surface area contributed by atoms with Gasteiger partial charge in [0.15, 0.2) is 5.78 Å². The number of esters is 1. The lowest BCUT2D eigenvalue weighted by Gasteiger charge is -2.05. The number of benzene rings is 2. The first-order chi connectivity index (χ1) is 9.70. The molecule has 2 aromatic rings. The van der Waals surface area contributed by atoms with E-state index in [2.05, 4.69) is 0 Å². The monoisotopic (exact) mass is 268 g/mol. The van der Waals surface area contributed by atoms with Gasteiger partial charge in [-0.1, -0.05) is 42.5 Å². The van der Waals surface area contributed by atoms with Crippen LogP contribution in [0.1, 0.15) is 33.2 Å². The summed E-state index contributed by atoms with van der Waals surface area (Å²) in [7, 11) is 0. The maximum Gasteiger partial charge on any atom is 0.338 e. The SMILES string of the molecule is CCOC(=O)c1cccc(C(=O)Cc2ccccc2)c1. The fourth-order valence-electron chi connectivity index (χ4n) is 1.92. The zero-order valence-corrected chi connectivity index (χ0v) is 11.3. The summed E-state index contributed by atoms with van der Waals surface area (Å²) < 4.78 is 4.93. The van der Waals surface area contributed by atoms with Crippen LogP contribution in [0.5, 0.6) is 0 Å². The zero-order valence-electron chi connectivity index (χ0n) is 11.3. The van der Waals surface area contributed by atoms with E-state index in [0.717, 1.165) is 5.56 Å². The first kappa shape index (κ1) is 14.0. The molecule has 0 aromatic heterocycles. The van der Waals surface area contributed by atoms with Crippen molar-refractivity contribution in [1.29, 1.82) is 0 Å². The Morgan fingerprint density at radius 3 is 2.35 bits per heavy atom. The second-order valence-corrected chi connectivity index (χ2v) is 4.39. The summed E-state index contributed by atoms with van der Waals surface area (Å²) >= 11 is 0. The second kappa shape index (κ2) is 6.66. The molecule has 20 heavy (non-hydrogen) atoms. The van der Waals surface area contributed by atoms with Gasteiger partial charge in [-0.3, -0.25) is 4.79 Å². The van der Waals surface area contributed by atoms with Crippen LogP contribution >= 0.6 is 0 Å². The Bertz CT molecular complexity index is 603. The molecule has 0 aliphatic carbocycles. The van der Waals surface area contributed by atoms with Crippen LogP contribution in [-0.2, 0) is 11.2 Å². The number of carbonyl (C=O) groups excluding carboxylic acids is 2. The van der Waals surface area contributed by atoms with E-state index in [4.69, 9.17) is 4.74 Å². The molecule has 0 saturated carbocycles. The van der Waals surface area contributed by atoms with Gasteiger partial charge in [-0.05, 0) is 24.6 Å². The highest BCUT2D eigenvalue weighted by Gasteiger charge is 2.11. The Morgan fingerprint density at radius 2 is 1.65 bits per heavy atom. The number of ether oxygens (including phenoxy) is 1. The van der Waals surface area contributed by atoms with Gasteiger partial charge in [-0.25, -0.2) is 4.79 Å². The number of rotatable bonds is 5. The molecule has 2 aromatic carbocycles. The fraction of sp³-hybridized carbons (Fsp3) is 0.176. The molecule has 2 rings (SSSR count). The van der Waals surface area contributed by atoms with Crippen molar-refractivity contribution in [3.05, 3.63) is 71.3 Å². The van der Waals surface area contributed by atoms with Crippen molar-refractivity contribution in [1.82, 2.24) is 0 Å². The van der Waals surface area contributed by atoms with Crippen LogP contribution in [0.2, 0.25) is 0 Å². The van der Waals surface area contributed by atoms with Gasteiger partial charge in [-0.2, -0.15) is 0 Å². The molecule has 0 spiro atoms. The average molecular weight is 268 g/mol. The Morgan fingerprint density at radius 1 is 0.950 bits per heavy atom. The van der Waals surface area contributed by atoms with Gasteiger partial charge in [0.25, 0.3) is 0 Å². The Hall–Kier alpha value is -2.42. The van der Waals surface area contributed by atoms with Gasteiger partial charge in [0.05, 0.1) is 12.2 Å². The Balaban J connectivity index is 2.14. The summed E-state index contributed by atoms with van der Waals surface area (Å²) in [6.07, 6.45) is 0.327. The average Bonchev–Trinajstić information content (AvgIpc) is 2.48. The van der Waals surface area contributed by atoms with Gasteiger partial charge in [-0.15, -0.1) is 0 Å². The molecule has 0 unspecified atom stereocenters. The maximum atomic E-state index is 12.2. The molecule has 3 nitrogen and oxygen atoms in total. The molecule has 0 amide bonds. The van der Waals surface area contributed by atoms with E-state index >= 15 is 0 Å². The minimum absolute atomic E-state index is 0.0117. The van der Waals surface area contributed by atoms with E-state index in [0.29, 0.717) is 24.2 Å². The molecular weight excluding hydrogens is 252 g/mol. The van der Waals surface area contributed by atoms with Gasteiger partial charge in [0.2, 0.25) is 0 Å². The molecule has 0 atom stereocenters. The quantitative estimate of drug-likeness (QED) is 0.617. The highest BCUT2D eigenvalue weighted by atomic mass is 16.5. The first-order valence-electron chi connectivity index (χ1n) is 6.55. The van der Waals surface area contributed by atoms with Crippen LogP contribution in [-0.4, -0.2) is 18.4 Å². The summed E-state index contributed by atoms with van der Waals surface area (Å²) in [5.41, 5.74) is 1.89. The highest BCUT2D eigenvalue weighted by molar-refractivity contribution is 6.00. The van der Waals surface area contributed by atoms with Crippen molar-refractivity contribution in [2.75, 3.05) is 6.61 Å². The molecule has 102 valence electrons. The van der Waals surface area contributed by atoms with Crippen LogP contribution in [0.3, 0.4) is 0 Å². The maximum absolute atomic E-state index is 12.2. The fourth-order valence-corrected chi connectivity index (χ4v) is 1.92. The number of carbonyl (C=O) groups is 2. The molecule has 0 fully saturated rings. The second-order valence-electron chi connectivity index (χ2n) is 4.39. The lowest BCUT2D eigenvalue weighted by Crippen LogP contribution is -2.08. The van der Waals surface area contributed by atoms with Crippen molar-refractivity contribution in [3.63, 3.8) is 0 Å². The van der Waals surface area contributed by atoms with E-state index in [-0.39, 0.29) is 5.78 Å². The van der Waals surface area contributed by atoms with E-state index in [1.165, 1.54) is 0 Å². The van der Waals surface area contributed by atoms with Crippen LogP contribution in [0.15, 0.2) is 54.6 Å². The predicted molar refractivity (Wildman–Crippen MR) is 76.9 cm³/mol. The Kier molecular flexibility index (Phi) is 4.66. The van der Waals surface area contributed by atoms with E-state index < -0.39 is 5.97 Å². The summed E-state index contributed by atoms with van der Waals surface area (Å²) in [6.45, 7) is 2.07. The smallest absolute Gasteiger partial charge is 0.338 e. The summed E-state index contributed by atoms with van der Waals surface area (Å²) in [5.74, 6) is -0.413. The van der Waals surface area contributed by atoms with Crippen LogP contribution in [0, 0.1) is 0 Å². The lowest BCUT2D eigenvalue weighted by molar-refractivity contribution is 0.0526. The minimum atomic E-state index is -0.401. The molecule has 0 bridgehead atoms. The van der Waals surface area contributed by atoms with E-state index in [1.54, 1.807) is 31.2 Å². The standard InChI is InChI=1S/C17H16O3/c1-2-20-17(19)15-10-6-9-14(12-15)16(18)11-13-7-4-3-5-8-13/h3-10,12H,2,11H2,1H3. The van der Waals surface area contributed by atoms with Crippen LogP contribution < -0.4 is 0 Å². The topological polar surface area (TPSA) is 43.4 Å². The molecule has 0 heterocycles. The summed E-state index contributed by atoms with van der Waals surface area (Å²) in [5, 5.41) is 0. The molecule has 0 saturated heterocycles. The van der Waals surface area contributed by atoms with Crippen LogP contribution in [0.4, 0.5) is 0 Å². The van der Waals surface area contributed by atoms with Gasteiger partial charge in [0, 0.05) is 12.0 Å². The normalized spacial score (nSPS) is 10.1. The molecule has 0 aliphatic heterocycles. The summed E-state index contributed by atoms with van der Waals surface area (Å²) in [4.78, 5) is 23.8. The first-order valence-corrected chi connectivity index (χ1v) is 6.55. The number of Topliss-reactive ketones (excluding diaryl/α,β-unsaturated/α-hetero) is 1. The molecule has 0 aliphatic rings. The third kappa shape index (κ3) is 3.54. The van der Waals surface area contributed by atoms with Crippen molar-refractivity contribution < 1.29 is 14.3 Å². The van der Waals surface area contributed by atoms with E-state index in [1.807, 2.05) is 30.3 Å². The number of hydrogen-bond acceptors (Lipinski definition) is 3. The summed E-state index contributed by atoms with van der Waals surface area (Å²) in [6, 6.07) is 16.2. The third-order valence-corrected chi connectivity index (χ3v) is 2.90. The number of hydrogen-bond donors (Lipinski definition) is 0. The third-order valence-electron chi connectivity index (χ3n) is 2.90. The molecule has 0 radical (unpaired) electrons. The highest BCUT2D eigenvalue weighted by Crippen LogP contribution is 2.11. The lowest BCUT2D eigenvalue weighted by atomic mass is 10.0. The largest absolute Gasteiger partial charge is 0.462 e. The van der Waals surface area contributed by atoms with Crippen molar-refractivity contribution >= 4 is 11.8 Å².